The van der Waals surface area contributed by atoms with Gasteiger partial charge in [-0.15, -0.1) is 0 Å². The van der Waals surface area contributed by atoms with Crippen LogP contribution in [0.15, 0.2) is 24.3 Å². The molecule has 1 heterocycles. The topological polar surface area (TPSA) is 102 Å². The number of esters is 1. The summed E-state index contributed by atoms with van der Waals surface area (Å²) < 4.78 is 5.20. The van der Waals surface area contributed by atoms with Crippen LogP contribution in [0.2, 0.25) is 0 Å². The minimum Gasteiger partial charge on any atom is -0.449 e. The van der Waals surface area contributed by atoms with E-state index in [9.17, 15) is 14.4 Å². The largest absolute Gasteiger partial charge is 0.449 e. The van der Waals surface area contributed by atoms with Gasteiger partial charge in [-0.05, 0) is 38.0 Å². The maximum absolute atomic E-state index is 12.1. The number of nitrogens with two attached hydrogens (primary N) is 1. The van der Waals surface area contributed by atoms with E-state index in [1.165, 1.54) is 6.07 Å². The van der Waals surface area contributed by atoms with Gasteiger partial charge in [-0.25, -0.2) is 9.59 Å². The summed E-state index contributed by atoms with van der Waals surface area (Å²) in [5.74, 6) is -0.801. The van der Waals surface area contributed by atoms with Crippen molar-refractivity contribution in [2.24, 2.45) is 5.73 Å². The van der Waals surface area contributed by atoms with Crippen LogP contribution in [0.3, 0.4) is 0 Å². The van der Waals surface area contributed by atoms with Crippen LogP contribution >= 0.6 is 0 Å². The normalized spacial score (nSPS) is 15.2. The number of ether oxygens (including phenoxy) is 1. The quantitative estimate of drug-likeness (QED) is 0.820. The fourth-order valence-corrected chi connectivity index (χ4v) is 2.34. The minimum absolute atomic E-state index is 0.183. The number of primary amides is 1. The molecule has 7 heteroatoms. The smallest absolute Gasteiger partial charge is 0.338 e. The zero-order chi connectivity index (χ0) is 16.1. The third kappa shape index (κ3) is 3.97. The van der Waals surface area contributed by atoms with Gasteiger partial charge in [0.05, 0.1) is 5.56 Å². The molecule has 22 heavy (non-hydrogen) atoms. The average Bonchev–Trinajstić information content (AvgIpc) is 3.00. The molecule has 3 N–H and O–H groups in total. The third-order valence-corrected chi connectivity index (χ3v) is 3.42. The Hall–Kier alpha value is -2.57. The number of carbonyl (C=O) groups is 3. The molecule has 1 fully saturated rings. The van der Waals surface area contributed by atoms with Crippen molar-refractivity contribution in [3.05, 3.63) is 29.8 Å². The van der Waals surface area contributed by atoms with Crippen LogP contribution in [0.4, 0.5) is 10.5 Å². The maximum atomic E-state index is 12.1. The number of benzene rings is 1. The molecule has 1 aromatic carbocycles. The van der Waals surface area contributed by atoms with E-state index >= 15 is 0 Å². The van der Waals surface area contributed by atoms with E-state index in [0.29, 0.717) is 18.8 Å². The van der Waals surface area contributed by atoms with E-state index < -0.39 is 18.1 Å². The Morgan fingerprint density at radius 2 is 1.95 bits per heavy atom. The van der Waals surface area contributed by atoms with E-state index in [1.54, 1.807) is 30.0 Å². The molecule has 0 spiro atoms. The number of likely N-dealkylation sites (tertiary alicyclic amines) is 1. The highest BCUT2D eigenvalue weighted by Crippen LogP contribution is 2.14. The molecule has 0 aliphatic carbocycles. The van der Waals surface area contributed by atoms with Crippen LogP contribution in [-0.4, -0.2) is 42.0 Å². The Bertz CT molecular complexity index is 582. The van der Waals surface area contributed by atoms with E-state index in [2.05, 4.69) is 5.32 Å². The van der Waals surface area contributed by atoms with Gasteiger partial charge in [0.2, 0.25) is 0 Å². The SMILES string of the molecule is C[C@H](OC(=O)c1cccc(NC(N)=O)c1)C(=O)N1CCCC1. The zero-order valence-electron chi connectivity index (χ0n) is 12.4. The van der Waals surface area contributed by atoms with E-state index in [-0.39, 0.29) is 11.5 Å². The second kappa shape index (κ2) is 6.93. The number of nitrogens with one attached hydrogen (secondary N) is 1. The molecule has 1 atom stereocenters. The minimum atomic E-state index is -0.835. The summed E-state index contributed by atoms with van der Waals surface area (Å²) in [7, 11) is 0. The summed E-state index contributed by atoms with van der Waals surface area (Å²) in [6, 6.07) is 5.46. The van der Waals surface area contributed by atoms with E-state index in [0.717, 1.165) is 12.8 Å². The van der Waals surface area contributed by atoms with Crippen molar-refractivity contribution in [1.29, 1.82) is 0 Å². The lowest BCUT2D eigenvalue weighted by Gasteiger charge is -2.20. The van der Waals surface area contributed by atoms with Gasteiger partial charge in [0, 0.05) is 18.8 Å². The van der Waals surface area contributed by atoms with Crippen LogP contribution in [0.1, 0.15) is 30.1 Å². The van der Waals surface area contributed by atoms with Gasteiger partial charge >= 0.3 is 12.0 Å². The van der Waals surface area contributed by atoms with Crippen LogP contribution in [0.25, 0.3) is 0 Å². The summed E-state index contributed by atoms with van der Waals surface area (Å²) in [5.41, 5.74) is 5.66. The van der Waals surface area contributed by atoms with Crippen molar-refractivity contribution >= 4 is 23.6 Å². The number of anilines is 1. The standard InChI is InChI=1S/C15H19N3O4/c1-10(13(19)18-7-2-3-8-18)22-14(20)11-5-4-6-12(9-11)17-15(16)21/h4-6,9-10H,2-3,7-8H2,1H3,(H3,16,17,21)/t10-/m0/s1. The average molecular weight is 305 g/mol. The van der Waals surface area contributed by atoms with Gasteiger partial charge in [0.1, 0.15) is 0 Å². The summed E-state index contributed by atoms with van der Waals surface area (Å²) in [5, 5.41) is 2.38. The van der Waals surface area contributed by atoms with Crippen molar-refractivity contribution in [2.75, 3.05) is 18.4 Å². The lowest BCUT2D eigenvalue weighted by Crippen LogP contribution is -2.38. The highest BCUT2D eigenvalue weighted by molar-refractivity contribution is 5.95. The highest BCUT2D eigenvalue weighted by atomic mass is 16.5. The first kappa shape index (κ1) is 15.8. The molecule has 1 aliphatic heterocycles. The number of hydrogen-bond donors (Lipinski definition) is 2. The van der Waals surface area contributed by atoms with Crippen molar-refractivity contribution in [1.82, 2.24) is 4.90 Å². The van der Waals surface area contributed by atoms with Gasteiger partial charge < -0.3 is 20.7 Å². The number of nitrogens with zero attached hydrogens (tertiary/aromatic N) is 1. The van der Waals surface area contributed by atoms with Crippen molar-refractivity contribution in [3.63, 3.8) is 0 Å². The molecule has 1 aromatic rings. The van der Waals surface area contributed by atoms with Crippen molar-refractivity contribution < 1.29 is 19.1 Å². The Morgan fingerprint density at radius 3 is 2.59 bits per heavy atom. The number of rotatable bonds is 4. The van der Waals surface area contributed by atoms with Gasteiger partial charge in [-0.2, -0.15) is 0 Å². The molecule has 1 aliphatic rings. The molecule has 2 rings (SSSR count). The summed E-state index contributed by atoms with van der Waals surface area (Å²) in [4.78, 5) is 36.7. The first-order valence-corrected chi connectivity index (χ1v) is 7.13. The molecule has 7 nitrogen and oxygen atoms in total. The molecule has 0 radical (unpaired) electrons. The Labute approximate surface area is 128 Å². The van der Waals surface area contributed by atoms with Crippen molar-refractivity contribution in [3.8, 4) is 0 Å². The molecule has 0 aromatic heterocycles. The third-order valence-electron chi connectivity index (χ3n) is 3.42. The predicted molar refractivity (Wildman–Crippen MR) is 80.3 cm³/mol. The van der Waals surface area contributed by atoms with Crippen LogP contribution in [0.5, 0.6) is 0 Å². The van der Waals surface area contributed by atoms with E-state index in [4.69, 9.17) is 10.5 Å². The van der Waals surface area contributed by atoms with Gasteiger partial charge in [-0.1, -0.05) is 6.07 Å². The molecule has 0 unspecified atom stereocenters. The van der Waals surface area contributed by atoms with Gasteiger partial charge in [0.15, 0.2) is 6.10 Å². The Balaban J connectivity index is 1.99. The number of hydrogen-bond acceptors (Lipinski definition) is 4. The molecular formula is C15H19N3O4. The summed E-state index contributed by atoms with van der Waals surface area (Å²) >= 11 is 0. The molecular weight excluding hydrogens is 286 g/mol. The first-order chi connectivity index (χ1) is 10.5. The first-order valence-electron chi connectivity index (χ1n) is 7.13. The molecule has 3 amide bonds. The fourth-order valence-electron chi connectivity index (χ4n) is 2.34. The zero-order valence-corrected chi connectivity index (χ0v) is 12.4. The summed E-state index contributed by atoms with van der Waals surface area (Å²) in [6.45, 7) is 2.97. The van der Waals surface area contributed by atoms with Crippen LogP contribution in [0, 0.1) is 0 Å². The number of carbonyl (C=O) groups excluding carboxylic acids is 3. The van der Waals surface area contributed by atoms with Gasteiger partial charge in [-0.3, -0.25) is 4.79 Å². The van der Waals surface area contributed by atoms with Crippen molar-refractivity contribution in [2.45, 2.75) is 25.9 Å². The lowest BCUT2D eigenvalue weighted by molar-refractivity contribution is -0.138. The second-order valence-corrected chi connectivity index (χ2v) is 5.15. The van der Waals surface area contributed by atoms with Gasteiger partial charge in [0.25, 0.3) is 5.91 Å². The fraction of sp³-hybridized carbons (Fsp3) is 0.400. The van der Waals surface area contributed by atoms with Crippen LogP contribution in [-0.2, 0) is 9.53 Å². The highest BCUT2D eigenvalue weighted by Gasteiger charge is 2.26. The molecule has 0 saturated carbocycles. The number of urea groups is 1. The van der Waals surface area contributed by atoms with E-state index in [1.807, 2.05) is 0 Å². The van der Waals surface area contributed by atoms with Crippen LogP contribution < -0.4 is 11.1 Å². The summed E-state index contributed by atoms with van der Waals surface area (Å²) in [6.07, 6.45) is 1.12. The molecule has 1 saturated heterocycles. The molecule has 118 valence electrons. The second-order valence-electron chi connectivity index (χ2n) is 5.15. The Kier molecular flexibility index (Phi) is 4.98. The lowest BCUT2D eigenvalue weighted by atomic mass is 10.2. The predicted octanol–water partition coefficient (Wildman–Crippen LogP) is 1.34. The number of amides is 3. The monoisotopic (exact) mass is 305 g/mol. The molecule has 0 bridgehead atoms. The maximum Gasteiger partial charge on any atom is 0.338 e. The Morgan fingerprint density at radius 1 is 1.27 bits per heavy atom.